The number of fused-ring (bicyclic) bond motifs is 1. The first kappa shape index (κ1) is 11.1. The van der Waals surface area contributed by atoms with Crippen LogP contribution in [0.3, 0.4) is 0 Å². The second-order valence-electron chi connectivity index (χ2n) is 3.42. The predicted molar refractivity (Wildman–Crippen MR) is 57.4 cm³/mol. The summed E-state index contributed by atoms with van der Waals surface area (Å²) in [6.07, 6.45) is 1.32. The van der Waals surface area contributed by atoms with Crippen LogP contribution in [0.5, 0.6) is 0 Å². The van der Waals surface area contributed by atoms with Crippen LogP contribution in [-0.2, 0) is 18.4 Å². The fraction of sp³-hybridized carbons (Fsp3) is 0.250. The number of aryl methyl sites for hydroxylation is 1. The lowest BCUT2D eigenvalue weighted by Crippen LogP contribution is -2.22. The second kappa shape index (κ2) is 3.87. The van der Waals surface area contributed by atoms with E-state index in [1.54, 1.807) is 12.5 Å². The van der Waals surface area contributed by atoms with E-state index >= 15 is 0 Å². The van der Waals surface area contributed by atoms with Crippen LogP contribution in [0.25, 0.3) is 11.2 Å². The molecule has 0 saturated carbocycles. The van der Waals surface area contributed by atoms with Crippen molar-refractivity contribution in [3.05, 3.63) is 16.7 Å². The monoisotopic (exact) mass is 238 g/mol. The molecule has 90 valence electrons. The van der Waals surface area contributed by atoms with Gasteiger partial charge in [0.1, 0.15) is 6.54 Å². The number of hydrogen-bond donors (Lipinski definition) is 3. The molecule has 9 nitrogen and oxygen atoms in total. The molecule has 17 heavy (non-hydrogen) atoms. The van der Waals surface area contributed by atoms with Crippen LogP contribution in [0.1, 0.15) is 0 Å². The Morgan fingerprint density at radius 1 is 1.65 bits per heavy atom. The number of anilines is 1. The average molecular weight is 238 g/mol. The van der Waals surface area contributed by atoms with Crippen molar-refractivity contribution in [2.45, 2.75) is 6.54 Å². The topological polar surface area (TPSA) is 128 Å². The van der Waals surface area contributed by atoms with Gasteiger partial charge in [0, 0.05) is 7.05 Å². The molecule has 2 aromatic rings. The van der Waals surface area contributed by atoms with Gasteiger partial charge in [-0.15, -0.1) is 0 Å². The zero-order valence-electron chi connectivity index (χ0n) is 8.91. The standard InChI is InChI=1S/C8H10N6O3/c1-13-6-5(7(16)11-8(13)12-17)14(3-10-6)2-4(9)15/h3,17H,2H2,1H3,(H2,9,15)(H,11,12,16). The van der Waals surface area contributed by atoms with Gasteiger partial charge in [0.05, 0.1) is 6.33 Å². The maximum atomic E-state index is 11.7. The zero-order valence-corrected chi connectivity index (χ0v) is 8.91. The number of carbonyl (C=O) groups excluding carboxylic acids is 1. The highest BCUT2D eigenvalue weighted by Gasteiger charge is 2.14. The Balaban J connectivity index is 2.74. The summed E-state index contributed by atoms with van der Waals surface area (Å²) in [5.41, 5.74) is 6.69. The van der Waals surface area contributed by atoms with Crippen LogP contribution in [0.2, 0.25) is 0 Å². The molecule has 0 spiro atoms. The van der Waals surface area contributed by atoms with Gasteiger partial charge >= 0.3 is 5.56 Å². The van der Waals surface area contributed by atoms with Gasteiger partial charge < -0.3 is 10.3 Å². The predicted octanol–water partition coefficient (Wildman–Crippen LogP) is -1.58. The number of nitrogens with two attached hydrogens (primary N) is 1. The average Bonchev–Trinajstić information content (AvgIpc) is 2.67. The number of rotatable bonds is 3. The van der Waals surface area contributed by atoms with Gasteiger partial charge in [-0.05, 0) is 0 Å². The van der Waals surface area contributed by atoms with Crippen LogP contribution < -0.4 is 16.8 Å². The van der Waals surface area contributed by atoms with Gasteiger partial charge in [-0.3, -0.25) is 19.4 Å². The number of primary amides is 1. The summed E-state index contributed by atoms with van der Waals surface area (Å²) in [6.45, 7) is -0.153. The maximum Gasteiger partial charge on any atom is 0.300 e. The molecule has 0 fully saturated rings. The Hall–Kier alpha value is -2.42. The number of aromatic nitrogens is 4. The first-order valence-corrected chi connectivity index (χ1v) is 4.65. The van der Waals surface area contributed by atoms with Gasteiger partial charge in [-0.2, -0.15) is 4.98 Å². The van der Waals surface area contributed by atoms with Gasteiger partial charge in [-0.1, -0.05) is 0 Å². The number of hydrogen-bond acceptors (Lipinski definition) is 6. The van der Waals surface area contributed by atoms with Crippen LogP contribution in [-0.4, -0.2) is 30.2 Å². The van der Waals surface area contributed by atoms with E-state index in [4.69, 9.17) is 10.9 Å². The molecule has 0 aliphatic carbocycles. The summed E-state index contributed by atoms with van der Waals surface area (Å²) >= 11 is 0. The molecule has 2 heterocycles. The molecule has 0 aliphatic rings. The van der Waals surface area contributed by atoms with E-state index in [9.17, 15) is 9.59 Å². The lowest BCUT2D eigenvalue weighted by atomic mass is 10.5. The second-order valence-corrected chi connectivity index (χ2v) is 3.42. The highest BCUT2D eigenvalue weighted by atomic mass is 16.5. The molecule has 0 unspecified atom stereocenters. The van der Waals surface area contributed by atoms with E-state index in [0.717, 1.165) is 0 Å². The molecular weight excluding hydrogens is 228 g/mol. The molecule has 0 radical (unpaired) electrons. The first-order chi connectivity index (χ1) is 8.04. The molecule has 2 rings (SSSR count). The van der Waals surface area contributed by atoms with Crippen LogP contribution in [0.15, 0.2) is 11.1 Å². The van der Waals surface area contributed by atoms with E-state index in [0.29, 0.717) is 5.65 Å². The number of nitrogens with one attached hydrogen (secondary N) is 1. The number of carbonyl (C=O) groups is 1. The minimum atomic E-state index is -0.603. The van der Waals surface area contributed by atoms with Gasteiger partial charge in [0.2, 0.25) is 11.9 Å². The largest absolute Gasteiger partial charge is 0.368 e. The van der Waals surface area contributed by atoms with Crippen LogP contribution >= 0.6 is 0 Å². The lowest BCUT2D eigenvalue weighted by molar-refractivity contribution is -0.118. The quantitative estimate of drug-likeness (QED) is 0.553. The summed E-state index contributed by atoms with van der Waals surface area (Å²) in [5.74, 6) is -0.623. The van der Waals surface area contributed by atoms with E-state index < -0.39 is 11.5 Å². The first-order valence-electron chi connectivity index (χ1n) is 4.65. The van der Waals surface area contributed by atoms with Crippen molar-refractivity contribution in [3.8, 4) is 0 Å². The van der Waals surface area contributed by atoms with E-state index in [-0.39, 0.29) is 18.0 Å². The molecule has 0 saturated heterocycles. The summed E-state index contributed by atoms with van der Waals surface area (Å²) in [6, 6.07) is 0. The third-order valence-electron chi connectivity index (χ3n) is 2.29. The fourth-order valence-electron chi connectivity index (χ4n) is 1.55. The van der Waals surface area contributed by atoms with Crippen LogP contribution in [0, 0.1) is 0 Å². The molecule has 0 aromatic carbocycles. The Morgan fingerprint density at radius 3 is 2.94 bits per heavy atom. The summed E-state index contributed by atoms with van der Waals surface area (Å²) < 4.78 is 2.70. The van der Waals surface area contributed by atoms with Crippen molar-refractivity contribution in [2.75, 3.05) is 5.48 Å². The minimum Gasteiger partial charge on any atom is -0.368 e. The minimum absolute atomic E-state index is 0.0353. The molecule has 1 amide bonds. The number of amides is 1. The normalized spacial score (nSPS) is 10.7. The van der Waals surface area contributed by atoms with Crippen molar-refractivity contribution in [1.82, 2.24) is 19.1 Å². The van der Waals surface area contributed by atoms with E-state index in [1.807, 2.05) is 0 Å². The maximum absolute atomic E-state index is 11.7. The Labute approximate surface area is 94.5 Å². The van der Waals surface area contributed by atoms with Crippen molar-refractivity contribution >= 4 is 23.0 Å². The van der Waals surface area contributed by atoms with Crippen LogP contribution in [0.4, 0.5) is 5.95 Å². The van der Waals surface area contributed by atoms with Gasteiger partial charge in [0.15, 0.2) is 11.2 Å². The molecule has 0 atom stereocenters. The number of nitrogens with zero attached hydrogens (tertiary/aromatic N) is 4. The van der Waals surface area contributed by atoms with Crippen molar-refractivity contribution in [3.63, 3.8) is 0 Å². The highest BCUT2D eigenvalue weighted by molar-refractivity contribution is 5.78. The summed E-state index contributed by atoms with van der Waals surface area (Å²) in [4.78, 5) is 30.1. The van der Waals surface area contributed by atoms with Crippen molar-refractivity contribution in [2.24, 2.45) is 12.8 Å². The third-order valence-corrected chi connectivity index (χ3v) is 2.29. The molecule has 4 N–H and O–H groups in total. The smallest absolute Gasteiger partial charge is 0.300 e. The third kappa shape index (κ3) is 1.72. The van der Waals surface area contributed by atoms with Gasteiger partial charge in [-0.25, -0.2) is 10.5 Å². The Kier molecular flexibility index (Phi) is 2.52. The SMILES string of the molecule is Cn1c(NO)nc(=O)c2c1ncn2CC(N)=O. The number of imidazole rings is 1. The summed E-state index contributed by atoms with van der Waals surface area (Å²) in [7, 11) is 1.56. The lowest BCUT2D eigenvalue weighted by Gasteiger charge is -2.06. The molecule has 9 heteroatoms. The highest BCUT2D eigenvalue weighted by Crippen LogP contribution is 2.10. The fourth-order valence-corrected chi connectivity index (χ4v) is 1.55. The molecule has 0 aliphatic heterocycles. The van der Waals surface area contributed by atoms with E-state index in [2.05, 4.69) is 9.97 Å². The van der Waals surface area contributed by atoms with Crippen molar-refractivity contribution in [1.29, 1.82) is 0 Å². The zero-order chi connectivity index (χ0) is 12.6. The van der Waals surface area contributed by atoms with E-state index in [1.165, 1.54) is 15.5 Å². The van der Waals surface area contributed by atoms with Gasteiger partial charge in [0.25, 0.3) is 0 Å². The molecular formula is C8H10N6O3. The summed E-state index contributed by atoms with van der Waals surface area (Å²) in [5, 5.41) is 8.77. The molecule has 0 bridgehead atoms. The Bertz CT molecular complexity index is 642. The Morgan fingerprint density at radius 2 is 2.35 bits per heavy atom. The molecule has 2 aromatic heterocycles. The van der Waals surface area contributed by atoms with Crippen molar-refractivity contribution < 1.29 is 10.0 Å².